The summed E-state index contributed by atoms with van der Waals surface area (Å²) in [6, 6.07) is 0. The third-order valence-corrected chi connectivity index (χ3v) is 0.938. The summed E-state index contributed by atoms with van der Waals surface area (Å²) in [5.41, 5.74) is 2.52. The van der Waals surface area contributed by atoms with Gasteiger partial charge in [0.1, 0.15) is 5.84 Å². The van der Waals surface area contributed by atoms with Crippen LogP contribution in [-0.2, 0) is 0 Å². The summed E-state index contributed by atoms with van der Waals surface area (Å²) < 4.78 is 0. The molecule has 0 aliphatic carbocycles. The zero-order valence-electron chi connectivity index (χ0n) is 4.51. The van der Waals surface area contributed by atoms with Crippen LogP contribution in [0.3, 0.4) is 0 Å². The normalized spacial score (nSPS) is 24.6. The molecule has 0 saturated carbocycles. The van der Waals surface area contributed by atoms with Crippen LogP contribution in [0.25, 0.3) is 0 Å². The fraction of sp³-hybridized carbons (Fsp3) is 0.500. The van der Waals surface area contributed by atoms with Crippen molar-refractivity contribution in [3.05, 3.63) is 0 Å². The molecule has 46 valence electrons. The maximum Gasteiger partial charge on any atom is 0.122 e. The average molecular weight is 134 g/mol. The van der Waals surface area contributed by atoms with Crippen LogP contribution in [0, 0.1) is 11.3 Å². The quantitative estimate of drug-likeness (QED) is 0.500. The predicted molar refractivity (Wildman–Crippen MR) is 35.8 cm³/mol. The van der Waals surface area contributed by atoms with Gasteiger partial charge in [-0.15, -0.1) is 12.4 Å². The van der Waals surface area contributed by atoms with Crippen molar-refractivity contribution in [1.29, 1.82) is 5.41 Å². The summed E-state index contributed by atoms with van der Waals surface area (Å²) in [4.78, 5) is 0. The molecule has 3 nitrogen and oxygen atoms in total. The van der Waals surface area contributed by atoms with Gasteiger partial charge >= 0.3 is 0 Å². The van der Waals surface area contributed by atoms with Gasteiger partial charge < -0.3 is 0 Å². The minimum Gasteiger partial charge on any atom is -0.287 e. The predicted octanol–water partition coefficient (Wildman–Crippen LogP) is 0.611. The summed E-state index contributed by atoms with van der Waals surface area (Å²) in [5, 5.41) is 10.7. The van der Waals surface area contributed by atoms with Crippen molar-refractivity contribution >= 4 is 24.5 Å². The van der Waals surface area contributed by atoms with Crippen LogP contribution in [0.2, 0.25) is 0 Å². The van der Waals surface area contributed by atoms with E-state index in [2.05, 4.69) is 10.5 Å². The molecule has 0 aromatic rings. The lowest BCUT2D eigenvalue weighted by atomic mass is 10.2. The zero-order chi connectivity index (χ0) is 5.28. The van der Waals surface area contributed by atoms with Crippen molar-refractivity contribution in [3.8, 4) is 0 Å². The molecule has 1 aliphatic rings. The Morgan fingerprint density at radius 1 is 1.88 bits per heavy atom. The third kappa shape index (κ3) is 1.20. The van der Waals surface area contributed by atoms with Gasteiger partial charge in [-0.1, -0.05) is 6.92 Å². The van der Waals surface area contributed by atoms with Gasteiger partial charge in [0.05, 0.1) is 5.92 Å². The Labute approximate surface area is 54.1 Å². The highest BCUT2D eigenvalue weighted by molar-refractivity contribution is 5.98. The Balaban J connectivity index is 0.000000490. The Kier molecular flexibility index (Phi) is 2.48. The van der Waals surface area contributed by atoms with Crippen LogP contribution in [0.1, 0.15) is 6.92 Å². The fourth-order valence-corrected chi connectivity index (χ4v) is 0.395. The number of nitrogens with zero attached hydrogens (tertiary/aromatic N) is 1. The van der Waals surface area contributed by atoms with E-state index in [4.69, 9.17) is 5.41 Å². The first-order valence-electron chi connectivity index (χ1n) is 2.18. The van der Waals surface area contributed by atoms with E-state index in [1.807, 2.05) is 6.92 Å². The van der Waals surface area contributed by atoms with Gasteiger partial charge in [-0.25, -0.2) is 0 Å². The van der Waals surface area contributed by atoms with Gasteiger partial charge in [0.15, 0.2) is 0 Å². The molecule has 0 saturated heterocycles. The Bertz CT molecular complexity index is 120. The molecule has 0 fully saturated rings. The van der Waals surface area contributed by atoms with Crippen LogP contribution in [-0.4, -0.2) is 12.1 Å². The van der Waals surface area contributed by atoms with E-state index >= 15 is 0 Å². The molecule has 0 spiro atoms. The number of amidine groups is 1. The highest BCUT2D eigenvalue weighted by Gasteiger charge is 2.08. The van der Waals surface area contributed by atoms with E-state index in [1.54, 1.807) is 6.21 Å². The first kappa shape index (κ1) is 7.43. The molecule has 1 atom stereocenters. The highest BCUT2D eigenvalue weighted by Crippen LogP contribution is 1.94. The number of hydrazone groups is 1. The molecule has 1 aliphatic heterocycles. The van der Waals surface area contributed by atoms with Gasteiger partial charge in [0.25, 0.3) is 0 Å². The second kappa shape index (κ2) is 2.67. The summed E-state index contributed by atoms with van der Waals surface area (Å²) in [5.74, 6) is 0.681. The Morgan fingerprint density at radius 3 is 2.62 bits per heavy atom. The minimum atomic E-state index is 0. The van der Waals surface area contributed by atoms with Gasteiger partial charge in [0.2, 0.25) is 0 Å². The summed E-state index contributed by atoms with van der Waals surface area (Å²) in [6.45, 7) is 1.92. The number of hydrogen-bond donors (Lipinski definition) is 2. The SMILES string of the molecule is CC1C=NNC1=N.Cl. The number of rotatable bonds is 0. The largest absolute Gasteiger partial charge is 0.287 e. The molecule has 8 heavy (non-hydrogen) atoms. The average Bonchev–Trinajstić information content (AvgIpc) is 1.91. The standard InChI is InChI=1S/C4H7N3.ClH/c1-3-2-6-7-4(3)5;/h2-3H,1H3,(H2,5,7);1H. The summed E-state index contributed by atoms with van der Waals surface area (Å²) >= 11 is 0. The molecular weight excluding hydrogens is 126 g/mol. The molecule has 1 heterocycles. The topological polar surface area (TPSA) is 48.2 Å². The van der Waals surface area contributed by atoms with Crippen molar-refractivity contribution in [2.24, 2.45) is 11.0 Å². The molecule has 0 amide bonds. The fourth-order valence-electron chi connectivity index (χ4n) is 0.395. The first-order valence-corrected chi connectivity index (χ1v) is 2.18. The molecule has 0 bridgehead atoms. The van der Waals surface area contributed by atoms with E-state index in [1.165, 1.54) is 0 Å². The maximum atomic E-state index is 7.02. The van der Waals surface area contributed by atoms with Crippen LogP contribution in [0.15, 0.2) is 5.10 Å². The molecule has 2 N–H and O–H groups in total. The lowest BCUT2D eigenvalue weighted by Gasteiger charge is -1.92. The van der Waals surface area contributed by atoms with E-state index in [0.29, 0.717) is 5.84 Å². The number of nitrogens with one attached hydrogen (secondary N) is 2. The molecule has 0 aromatic heterocycles. The second-order valence-electron chi connectivity index (χ2n) is 1.59. The van der Waals surface area contributed by atoms with Crippen molar-refractivity contribution < 1.29 is 0 Å². The van der Waals surface area contributed by atoms with Gasteiger partial charge in [0, 0.05) is 6.21 Å². The second-order valence-corrected chi connectivity index (χ2v) is 1.59. The molecule has 0 radical (unpaired) electrons. The molecule has 1 rings (SSSR count). The van der Waals surface area contributed by atoms with Gasteiger partial charge in [-0.05, 0) is 0 Å². The smallest absolute Gasteiger partial charge is 0.122 e. The third-order valence-electron chi connectivity index (χ3n) is 0.938. The van der Waals surface area contributed by atoms with Crippen LogP contribution in [0.4, 0.5) is 0 Å². The highest BCUT2D eigenvalue weighted by atomic mass is 35.5. The van der Waals surface area contributed by atoms with Gasteiger partial charge in [-0.3, -0.25) is 10.8 Å². The molecular formula is C4H8ClN3. The lowest BCUT2D eigenvalue weighted by Crippen LogP contribution is -2.15. The minimum absolute atomic E-state index is 0. The van der Waals surface area contributed by atoms with E-state index in [-0.39, 0.29) is 18.3 Å². The van der Waals surface area contributed by atoms with Crippen LogP contribution in [0.5, 0.6) is 0 Å². The summed E-state index contributed by atoms with van der Waals surface area (Å²) in [7, 11) is 0. The van der Waals surface area contributed by atoms with Crippen molar-refractivity contribution in [3.63, 3.8) is 0 Å². The summed E-state index contributed by atoms with van der Waals surface area (Å²) in [6.07, 6.45) is 1.71. The van der Waals surface area contributed by atoms with Crippen LogP contribution < -0.4 is 5.43 Å². The number of hydrogen-bond acceptors (Lipinski definition) is 2. The monoisotopic (exact) mass is 133 g/mol. The van der Waals surface area contributed by atoms with Crippen molar-refractivity contribution in [2.45, 2.75) is 6.92 Å². The number of halogens is 1. The van der Waals surface area contributed by atoms with Crippen molar-refractivity contribution in [1.82, 2.24) is 5.43 Å². The molecule has 1 unspecified atom stereocenters. The van der Waals surface area contributed by atoms with Gasteiger partial charge in [-0.2, -0.15) is 5.10 Å². The zero-order valence-corrected chi connectivity index (χ0v) is 5.33. The lowest BCUT2D eigenvalue weighted by molar-refractivity contribution is 0.990. The van der Waals surface area contributed by atoms with Crippen LogP contribution >= 0.6 is 12.4 Å². The molecule has 0 aromatic carbocycles. The Morgan fingerprint density at radius 2 is 2.50 bits per heavy atom. The van der Waals surface area contributed by atoms with Crippen molar-refractivity contribution in [2.75, 3.05) is 0 Å². The maximum absolute atomic E-state index is 7.02. The Hall–Kier alpha value is -0.570. The molecule has 4 heteroatoms. The van der Waals surface area contributed by atoms with E-state index in [9.17, 15) is 0 Å². The van der Waals surface area contributed by atoms with E-state index < -0.39 is 0 Å². The van der Waals surface area contributed by atoms with E-state index in [0.717, 1.165) is 0 Å². The first-order chi connectivity index (χ1) is 3.30.